The second-order valence-corrected chi connectivity index (χ2v) is 8.42. The largest absolute Gasteiger partial charge is 0.475 e. The monoisotopic (exact) mass is 436 g/mol. The zero-order valence-electron chi connectivity index (χ0n) is 16.4. The molecule has 0 radical (unpaired) electrons. The molecule has 10 heteroatoms. The van der Waals surface area contributed by atoms with E-state index < -0.39 is 40.4 Å². The molecule has 30 heavy (non-hydrogen) atoms. The molecule has 0 aliphatic carbocycles. The van der Waals surface area contributed by atoms with E-state index in [1.54, 1.807) is 31.2 Å². The van der Waals surface area contributed by atoms with Crippen molar-refractivity contribution in [3.05, 3.63) is 54.3 Å². The molecular weight excluding hydrogens is 415 g/mol. The van der Waals surface area contributed by atoms with Crippen molar-refractivity contribution in [2.75, 3.05) is 31.6 Å². The molecule has 1 heterocycles. The molecule has 0 N–H and O–H groups in total. The van der Waals surface area contributed by atoms with Crippen molar-refractivity contribution in [2.45, 2.75) is 17.9 Å². The summed E-state index contributed by atoms with van der Waals surface area (Å²) in [4.78, 5) is 26.2. The van der Waals surface area contributed by atoms with Gasteiger partial charge in [-0.05, 0) is 36.4 Å². The van der Waals surface area contributed by atoms with Gasteiger partial charge in [-0.2, -0.15) is 4.31 Å². The van der Waals surface area contributed by atoms with Gasteiger partial charge in [0.25, 0.3) is 0 Å². The van der Waals surface area contributed by atoms with Gasteiger partial charge in [-0.3, -0.25) is 4.79 Å². The number of carbonyl (C=O) groups excluding carboxylic acids is 2. The van der Waals surface area contributed by atoms with Gasteiger partial charge in [-0.1, -0.05) is 19.1 Å². The molecule has 1 aliphatic heterocycles. The van der Waals surface area contributed by atoms with E-state index in [-0.39, 0.29) is 18.0 Å². The smallest absolute Gasteiger partial charge is 0.348 e. The fourth-order valence-corrected chi connectivity index (χ4v) is 4.48. The summed E-state index contributed by atoms with van der Waals surface area (Å²) in [7, 11) is -2.80. The second-order valence-electron chi connectivity index (χ2n) is 6.49. The Bertz CT molecular complexity index is 1040. The molecule has 1 aliphatic rings. The molecule has 0 fully saturated rings. The number of likely N-dealkylation sites (N-methyl/N-ethyl adjacent to an activating group) is 1. The fraction of sp³-hybridized carbons (Fsp3) is 0.300. The molecule has 2 aromatic carbocycles. The number of fused-ring (bicyclic) bond motifs is 1. The highest BCUT2D eigenvalue weighted by Crippen LogP contribution is 2.33. The summed E-state index contributed by atoms with van der Waals surface area (Å²) in [6.07, 6.45) is -1.03. The maximum atomic E-state index is 13.2. The van der Waals surface area contributed by atoms with E-state index in [4.69, 9.17) is 9.47 Å². The Morgan fingerprint density at radius 2 is 1.87 bits per heavy atom. The van der Waals surface area contributed by atoms with Crippen LogP contribution in [0.1, 0.15) is 6.92 Å². The molecule has 0 saturated carbocycles. The van der Waals surface area contributed by atoms with E-state index >= 15 is 0 Å². The van der Waals surface area contributed by atoms with Crippen molar-refractivity contribution >= 4 is 27.6 Å². The molecule has 0 unspecified atom stereocenters. The van der Waals surface area contributed by atoms with E-state index in [0.717, 1.165) is 28.6 Å². The Morgan fingerprint density at radius 3 is 2.50 bits per heavy atom. The van der Waals surface area contributed by atoms with Crippen LogP contribution in [0.5, 0.6) is 5.75 Å². The van der Waals surface area contributed by atoms with Gasteiger partial charge >= 0.3 is 5.97 Å². The molecule has 160 valence electrons. The number of ether oxygens (including phenoxy) is 2. The van der Waals surface area contributed by atoms with Gasteiger partial charge in [0.05, 0.1) is 30.8 Å². The van der Waals surface area contributed by atoms with Gasteiger partial charge in [0, 0.05) is 6.54 Å². The Balaban J connectivity index is 1.87. The van der Waals surface area contributed by atoms with Crippen molar-refractivity contribution in [2.24, 2.45) is 0 Å². The highest BCUT2D eigenvalue weighted by Gasteiger charge is 2.36. The SMILES string of the molecule is CCN(CC(=O)N1C[C@@H](C(=O)OC)Oc2ccccc21)S(=O)(=O)c1ccc(F)cc1. The van der Waals surface area contributed by atoms with E-state index in [9.17, 15) is 22.4 Å². The van der Waals surface area contributed by atoms with Gasteiger partial charge in [-0.15, -0.1) is 0 Å². The zero-order chi connectivity index (χ0) is 21.9. The molecule has 2 aromatic rings. The second kappa shape index (κ2) is 8.80. The summed E-state index contributed by atoms with van der Waals surface area (Å²) in [6.45, 7) is 1.05. The molecule has 0 spiro atoms. The van der Waals surface area contributed by atoms with Crippen molar-refractivity contribution in [3.8, 4) is 5.75 Å². The first-order valence-corrected chi connectivity index (χ1v) is 10.6. The van der Waals surface area contributed by atoms with Gasteiger partial charge < -0.3 is 14.4 Å². The third-order valence-corrected chi connectivity index (χ3v) is 6.59. The number of methoxy groups -OCH3 is 1. The Morgan fingerprint density at radius 1 is 1.20 bits per heavy atom. The van der Waals surface area contributed by atoms with Crippen LogP contribution in [-0.4, -0.2) is 57.4 Å². The number of rotatable bonds is 6. The minimum Gasteiger partial charge on any atom is -0.475 e. The lowest BCUT2D eigenvalue weighted by Crippen LogP contribution is -2.50. The lowest BCUT2D eigenvalue weighted by molar-refractivity contribution is -0.148. The van der Waals surface area contributed by atoms with Crippen LogP contribution in [0.15, 0.2) is 53.4 Å². The normalized spacial score (nSPS) is 16.0. The third-order valence-electron chi connectivity index (χ3n) is 4.65. The Labute approximate surface area is 173 Å². The minimum atomic E-state index is -4.02. The van der Waals surface area contributed by atoms with Crippen LogP contribution in [-0.2, 0) is 24.3 Å². The lowest BCUT2D eigenvalue weighted by Gasteiger charge is -2.34. The van der Waals surface area contributed by atoms with Crippen LogP contribution in [0.3, 0.4) is 0 Å². The number of halogens is 1. The highest BCUT2D eigenvalue weighted by atomic mass is 32.2. The molecular formula is C20H21FN2O6S. The molecule has 3 rings (SSSR count). The van der Waals surface area contributed by atoms with Gasteiger partial charge in [0.2, 0.25) is 22.0 Å². The topological polar surface area (TPSA) is 93.2 Å². The standard InChI is InChI=1S/C20H21FN2O6S/c1-3-22(30(26,27)15-10-8-14(21)9-11-15)13-19(24)23-12-18(20(25)28-2)29-17-7-5-4-6-16(17)23/h4-11,18H,3,12-13H2,1-2H3/t18-/m0/s1. The van der Waals surface area contributed by atoms with Crippen molar-refractivity contribution in [3.63, 3.8) is 0 Å². The number of benzene rings is 2. The summed E-state index contributed by atoms with van der Waals surface area (Å²) < 4.78 is 50.3. The molecule has 0 bridgehead atoms. The number of esters is 1. The number of hydrogen-bond donors (Lipinski definition) is 0. The first-order valence-electron chi connectivity index (χ1n) is 9.17. The van der Waals surface area contributed by atoms with Crippen LogP contribution in [0.25, 0.3) is 0 Å². The summed E-state index contributed by atoms with van der Waals surface area (Å²) in [5.74, 6) is -1.43. The van der Waals surface area contributed by atoms with E-state index in [2.05, 4.69) is 0 Å². The van der Waals surface area contributed by atoms with Gasteiger partial charge in [0.1, 0.15) is 11.6 Å². The maximum absolute atomic E-state index is 13.2. The van der Waals surface area contributed by atoms with Crippen LogP contribution in [0.2, 0.25) is 0 Å². The van der Waals surface area contributed by atoms with Crippen LogP contribution in [0.4, 0.5) is 10.1 Å². The summed E-state index contributed by atoms with van der Waals surface area (Å²) >= 11 is 0. The molecule has 0 aromatic heterocycles. The van der Waals surface area contributed by atoms with E-state index in [1.807, 2.05) is 0 Å². The Hall–Kier alpha value is -2.98. The number of anilines is 1. The Kier molecular flexibility index (Phi) is 6.37. The summed E-state index contributed by atoms with van der Waals surface area (Å²) in [5.41, 5.74) is 0.429. The average molecular weight is 436 g/mol. The average Bonchev–Trinajstić information content (AvgIpc) is 2.76. The van der Waals surface area contributed by atoms with Crippen LogP contribution in [0, 0.1) is 5.82 Å². The number of sulfonamides is 1. The number of nitrogens with zero attached hydrogens (tertiary/aromatic N) is 2. The molecule has 0 saturated heterocycles. The van der Waals surface area contributed by atoms with Crippen LogP contribution < -0.4 is 9.64 Å². The third kappa shape index (κ3) is 4.29. The lowest BCUT2D eigenvalue weighted by atomic mass is 10.2. The summed E-state index contributed by atoms with van der Waals surface area (Å²) in [6, 6.07) is 11.0. The fourth-order valence-electron chi connectivity index (χ4n) is 3.08. The number of amides is 1. The molecule has 1 atom stereocenters. The quantitative estimate of drug-likeness (QED) is 0.641. The summed E-state index contributed by atoms with van der Waals surface area (Å²) in [5, 5.41) is 0. The molecule has 1 amide bonds. The van der Waals surface area contributed by atoms with E-state index in [1.165, 1.54) is 12.0 Å². The van der Waals surface area contributed by atoms with Gasteiger partial charge in [-0.25, -0.2) is 17.6 Å². The van der Waals surface area contributed by atoms with Crippen molar-refractivity contribution in [1.29, 1.82) is 0 Å². The maximum Gasteiger partial charge on any atom is 0.348 e. The number of carbonyl (C=O) groups is 2. The first-order chi connectivity index (χ1) is 14.3. The van der Waals surface area contributed by atoms with Gasteiger partial charge in [0.15, 0.2) is 0 Å². The minimum absolute atomic E-state index is 0.0257. The highest BCUT2D eigenvalue weighted by molar-refractivity contribution is 7.89. The van der Waals surface area contributed by atoms with Crippen molar-refractivity contribution < 1.29 is 31.9 Å². The zero-order valence-corrected chi connectivity index (χ0v) is 17.3. The molecule has 8 nitrogen and oxygen atoms in total. The predicted molar refractivity (Wildman–Crippen MR) is 106 cm³/mol. The number of para-hydroxylation sites is 2. The first kappa shape index (κ1) is 21.7. The van der Waals surface area contributed by atoms with Crippen molar-refractivity contribution in [1.82, 2.24) is 4.31 Å². The van der Waals surface area contributed by atoms with Crippen LogP contribution >= 0.6 is 0 Å². The van der Waals surface area contributed by atoms with E-state index in [0.29, 0.717) is 11.4 Å². The predicted octanol–water partition coefficient (Wildman–Crippen LogP) is 1.80. The number of hydrogen-bond acceptors (Lipinski definition) is 6.